The van der Waals surface area contributed by atoms with Crippen molar-refractivity contribution in [2.75, 3.05) is 45.8 Å². The highest BCUT2D eigenvalue weighted by Crippen LogP contribution is 2.46. The van der Waals surface area contributed by atoms with Crippen LogP contribution in [0.15, 0.2) is 33.3 Å². The first-order chi connectivity index (χ1) is 21.3. The molecule has 11 heteroatoms. The molecule has 0 unspecified atom stereocenters. The summed E-state index contributed by atoms with van der Waals surface area (Å²) in [7, 11) is 0. The molecular formula is C33H40Br2ClN5O3. The Kier molecular flexibility index (Phi) is 10.2. The van der Waals surface area contributed by atoms with Gasteiger partial charge in [-0.1, -0.05) is 27.5 Å². The van der Waals surface area contributed by atoms with E-state index in [0.717, 1.165) is 77.7 Å². The Balaban J connectivity index is 1.03. The Labute approximate surface area is 281 Å². The van der Waals surface area contributed by atoms with Crippen molar-refractivity contribution < 1.29 is 14.4 Å². The zero-order valence-electron chi connectivity index (χ0n) is 25.0. The minimum absolute atomic E-state index is 0.0723. The number of aromatic nitrogens is 1. The number of pyridine rings is 1. The molecule has 1 atom stereocenters. The van der Waals surface area contributed by atoms with Gasteiger partial charge in [0.05, 0.1) is 5.69 Å². The minimum Gasteiger partial charge on any atom is -0.343 e. The van der Waals surface area contributed by atoms with Gasteiger partial charge in [0.15, 0.2) is 0 Å². The number of carbonyl (C=O) groups is 3. The zero-order valence-corrected chi connectivity index (χ0v) is 28.9. The summed E-state index contributed by atoms with van der Waals surface area (Å²) in [6.07, 6.45) is 9.16. The number of rotatable bonds is 6. The normalized spacial score (nSPS) is 21.4. The fourth-order valence-electron chi connectivity index (χ4n) is 7.56. The summed E-state index contributed by atoms with van der Waals surface area (Å²) in [5, 5.41) is 3.58. The SMILES string of the molecule is O=C(CCN1CCCNC1=O)N1CCC(CC(=O)N2CCC([C@H]3c4ncc(Br)cc4CCc4cc(Cl)cc(Br)c43)CC2)CC1. The molecular weight excluding hydrogens is 710 g/mol. The van der Waals surface area contributed by atoms with E-state index in [2.05, 4.69) is 54.2 Å². The van der Waals surface area contributed by atoms with E-state index in [1.165, 1.54) is 16.7 Å². The molecule has 0 bridgehead atoms. The van der Waals surface area contributed by atoms with E-state index in [1.807, 2.05) is 17.2 Å². The highest BCUT2D eigenvalue weighted by molar-refractivity contribution is 9.10. The summed E-state index contributed by atoms with van der Waals surface area (Å²) in [5.41, 5.74) is 5.02. The van der Waals surface area contributed by atoms with Crippen LogP contribution in [0.25, 0.3) is 0 Å². The average molecular weight is 750 g/mol. The molecule has 4 heterocycles. The van der Waals surface area contributed by atoms with Gasteiger partial charge >= 0.3 is 6.03 Å². The molecule has 3 fully saturated rings. The molecule has 44 heavy (non-hydrogen) atoms. The molecule has 2 aromatic rings. The maximum atomic E-state index is 13.4. The van der Waals surface area contributed by atoms with Gasteiger partial charge in [0.1, 0.15) is 0 Å². The second kappa shape index (κ2) is 14.1. The monoisotopic (exact) mass is 747 g/mol. The Morgan fingerprint density at radius 3 is 2.39 bits per heavy atom. The first-order valence-corrected chi connectivity index (χ1v) is 17.9. The van der Waals surface area contributed by atoms with Crippen LogP contribution in [0.4, 0.5) is 4.79 Å². The first kappa shape index (κ1) is 31.8. The van der Waals surface area contributed by atoms with Crippen molar-refractivity contribution in [2.24, 2.45) is 11.8 Å². The van der Waals surface area contributed by atoms with Crippen LogP contribution in [0, 0.1) is 11.8 Å². The van der Waals surface area contributed by atoms with Crippen molar-refractivity contribution in [1.82, 2.24) is 25.0 Å². The quantitative estimate of drug-likeness (QED) is 0.384. The number of hydrogen-bond donors (Lipinski definition) is 1. The number of piperidine rings is 2. The molecule has 4 aliphatic rings. The lowest BCUT2D eigenvalue weighted by molar-refractivity contribution is -0.135. The molecule has 6 rings (SSSR count). The predicted octanol–water partition coefficient (Wildman–Crippen LogP) is 6.16. The maximum absolute atomic E-state index is 13.4. The summed E-state index contributed by atoms with van der Waals surface area (Å²) < 4.78 is 2.04. The Morgan fingerprint density at radius 1 is 0.932 bits per heavy atom. The summed E-state index contributed by atoms with van der Waals surface area (Å²) in [4.78, 5) is 48.8. The highest BCUT2D eigenvalue weighted by atomic mass is 79.9. The van der Waals surface area contributed by atoms with Crippen molar-refractivity contribution in [3.63, 3.8) is 0 Å². The minimum atomic E-state index is -0.0723. The molecule has 236 valence electrons. The van der Waals surface area contributed by atoms with Crippen LogP contribution in [0.5, 0.6) is 0 Å². The number of nitrogens with one attached hydrogen (secondary N) is 1. The van der Waals surface area contributed by atoms with Gasteiger partial charge in [-0.3, -0.25) is 14.6 Å². The molecule has 0 spiro atoms. The lowest BCUT2D eigenvalue weighted by Gasteiger charge is -2.38. The number of amides is 4. The number of likely N-dealkylation sites (tertiary alicyclic amines) is 2. The number of halogens is 3. The smallest absolute Gasteiger partial charge is 0.317 e. The molecule has 4 amide bonds. The molecule has 0 saturated carbocycles. The summed E-state index contributed by atoms with van der Waals surface area (Å²) in [6.45, 7) is 4.78. The number of hydrogen-bond acceptors (Lipinski definition) is 4. The number of nitrogens with zero attached hydrogens (tertiary/aromatic N) is 4. The summed E-state index contributed by atoms with van der Waals surface area (Å²) >= 11 is 13.9. The van der Waals surface area contributed by atoms with Crippen molar-refractivity contribution in [3.05, 3.63) is 60.7 Å². The molecule has 3 saturated heterocycles. The number of fused-ring (bicyclic) bond motifs is 2. The van der Waals surface area contributed by atoms with Crippen molar-refractivity contribution >= 4 is 61.3 Å². The average Bonchev–Trinajstić information content (AvgIpc) is 3.17. The molecule has 3 aliphatic heterocycles. The van der Waals surface area contributed by atoms with E-state index in [0.29, 0.717) is 57.4 Å². The third-order valence-electron chi connectivity index (χ3n) is 9.98. The number of aryl methyl sites for hydroxylation is 2. The number of benzene rings is 1. The lowest BCUT2D eigenvalue weighted by Crippen LogP contribution is -2.48. The van der Waals surface area contributed by atoms with E-state index in [-0.39, 0.29) is 23.8 Å². The van der Waals surface area contributed by atoms with E-state index in [4.69, 9.17) is 16.6 Å². The van der Waals surface area contributed by atoms with Crippen LogP contribution in [-0.4, -0.2) is 83.3 Å². The Bertz CT molecular complexity index is 1410. The van der Waals surface area contributed by atoms with Gasteiger partial charge in [-0.05, 0) is 108 Å². The fraction of sp³-hybridized carbons (Fsp3) is 0.576. The first-order valence-electron chi connectivity index (χ1n) is 16.0. The number of carbonyl (C=O) groups excluding carboxylic acids is 3. The third kappa shape index (κ3) is 7.12. The van der Waals surface area contributed by atoms with Crippen LogP contribution in [0.1, 0.15) is 73.2 Å². The van der Waals surface area contributed by atoms with E-state index < -0.39 is 0 Å². The summed E-state index contributed by atoms with van der Waals surface area (Å²) in [5.74, 6) is 1.19. The lowest BCUT2D eigenvalue weighted by atomic mass is 9.76. The standard InChI is InChI=1S/C33H40Br2ClN5O3/c34-25-17-24-3-2-23-18-26(36)19-27(35)30(23)31(32(24)38-20-25)22-6-13-40(14-7-22)29(43)16-21-4-11-39(12-5-21)28(42)8-15-41-10-1-9-37-33(41)44/h17-22,31H,1-16H2,(H,37,44)/t31-/m1/s1. The van der Waals surface area contributed by atoms with Crippen molar-refractivity contribution in [2.45, 2.75) is 63.7 Å². The maximum Gasteiger partial charge on any atom is 0.317 e. The van der Waals surface area contributed by atoms with Gasteiger partial charge in [-0.2, -0.15) is 0 Å². The Hall–Kier alpha value is -2.17. The van der Waals surface area contributed by atoms with Crippen molar-refractivity contribution in [3.8, 4) is 0 Å². The van der Waals surface area contributed by atoms with Gasteiger partial charge in [-0.15, -0.1) is 0 Å². The third-order valence-corrected chi connectivity index (χ3v) is 11.3. The van der Waals surface area contributed by atoms with Gasteiger partial charge in [0, 0.05) is 84.7 Å². The number of urea groups is 1. The van der Waals surface area contributed by atoms with E-state index in [1.54, 1.807) is 4.90 Å². The van der Waals surface area contributed by atoms with Gasteiger partial charge in [0.25, 0.3) is 0 Å². The largest absolute Gasteiger partial charge is 0.343 e. The van der Waals surface area contributed by atoms with Crippen LogP contribution in [0.2, 0.25) is 5.02 Å². The second-order valence-electron chi connectivity index (χ2n) is 12.7. The zero-order chi connectivity index (χ0) is 30.8. The molecule has 1 aliphatic carbocycles. The van der Waals surface area contributed by atoms with Gasteiger partial charge < -0.3 is 20.0 Å². The Morgan fingerprint density at radius 2 is 1.64 bits per heavy atom. The molecule has 0 radical (unpaired) electrons. The van der Waals surface area contributed by atoms with E-state index >= 15 is 0 Å². The summed E-state index contributed by atoms with van der Waals surface area (Å²) in [6, 6.07) is 6.25. The van der Waals surface area contributed by atoms with Crippen LogP contribution in [0.3, 0.4) is 0 Å². The van der Waals surface area contributed by atoms with E-state index in [9.17, 15) is 14.4 Å². The van der Waals surface area contributed by atoms with Crippen molar-refractivity contribution in [1.29, 1.82) is 0 Å². The molecule has 1 N–H and O–H groups in total. The molecule has 1 aromatic heterocycles. The van der Waals surface area contributed by atoms with Crippen LogP contribution >= 0.6 is 43.5 Å². The molecule has 8 nitrogen and oxygen atoms in total. The fourth-order valence-corrected chi connectivity index (χ4v) is 9.05. The topological polar surface area (TPSA) is 85.8 Å². The van der Waals surface area contributed by atoms with Gasteiger partial charge in [-0.25, -0.2) is 4.79 Å². The molecule has 1 aromatic carbocycles. The van der Waals surface area contributed by atoms with Crippen LogP contribution < -0.4 is 5.32 Å². The van der Waals surface area contributed by atoms with Gasteiger partial charge in [0.2, 0.25) is 11.8 Å². The highest BCUT2D eigenvalue weighted by Gasteiger charge is 2.37. The predicted molar refractivity (Wildman–Crippen MR) is 178 cm³/mol. The van der Waals surface area contributed by atoms with Crippen LogP contribution in [-0.2, 0) is 22.4 Å². The second-order valence-corrected chi connectivity index (χ2v) is 14.9.